The van der Waals surface area contributed by atoms with E-state index in [2.05, 4.69) is 62.1 Å². The Morgan fingerprint density at radius 1 is 1.21 bits per heavy atom. The number of thioether (sulfide) groups is 1. The van der Waals surface area contributed by atoms with Crippen LogP contribution in [0.3, 0.4) is 0 Å². The van der Waals surface area contributed by atoms with Gasteiger partial charge in [0.2, 0.25) is 0 Å². The normalized spacial score (nSPS) is 19.3. The van der Waals surface area contributed by atoms with E-state index in [-0.39, 0.29) is 0 Å². The minimum Gasteiger partial charge on any atom is -0.381 e. The Bertz CT molecular complexity index is 385. The highest BCUT2D eigenvalue weighted by Crippen LogP contribution is 2.38. The standard InChI is InChI=1S/C17H27NS/c1-4-13(2)14(3)18-16-11-7-8-12-17(16)19-15-9-5-6-10-15/h7-8,11-15,18H,4-6,9-10H2,1-3H3. The second-order valence-electron chi connectivity index (χ2n) is 5.84. The highest BCUT2D eigenvalue weighted by Gasteiger charge is 2.18. The third-order valence-electron chi connectivity index (χ3n) is 4.36. The molecular formula is C17H27NS. The summed E-state index contributed by atoms with van der Waals surface area (Å²) in [5, 5.41) is 4.55. The molecule has 0 bridgehead atoms. The average Bonchev–Trinajstić information content (AvgIpc) is 2.93. The van der Waals surface area contributed by atoms with Crippen molar-refractivity contribution in [2.45, 2.75) is 69.1 Å². The van der Waals surface area contributed by atoms with Crippen molar-refractivity contribution in [3.8, 4) is 0 Å². The van der Waals surface area contributed by atoms with Crippen LogP contribution in [0.2, 0.25) is 0 Å². The maximum absolute atomic E-state index is 3.71. The van der Waals surface area contributed by atoms with Crippen LogP contribution in [0, 0.1) is 5.92 Å². The fraction of sp³-hybridized carbons (Fsp3) is 0.647. The number of nitrogens with one attached hydrogen (secondary N) is 1. The van der Waals surface area contributed by atoms with Gasteiger partial charge in [-0.15, -0.1) is 11.8 Å². The van der Waals surface area contributed by atoms with Gasteiger partial charge in [0.25, 0.3) is 0 Å². The first-order valence-electron chi connectivity index (χ1n) is 7.73. The van der Waals surface area contributed by atoms with Gasteiger partial charge in [0.1, 0.15) is 0 Å². The quantitative estimate of drug-likeness (QED) is 0.729. The number of para-hydroxylation sites is 1. The molecule has 2 atom stereocenters. The number of anilines is 1. The molecule has 1 aromatic rings. The van der Waals surface area contributed by atoms with Crippen LogP contribution in [0.15, 0.2) is 29.2 Å². The van der Waals surface area contributed by atoms with Gasteiger partial charge in [0.05, 0.1) is 0 Å². The number of rotatable bonds is 6. The molecule has 1 saturated carbocycles. The van der Waals surface area contributed by atoms with Crippen LogP contribution in [-0.4, -0.2) is 11.3 Å². The third kappa shape index (κ3) is 4.17. The SMILES string of the molecule is CCC(C)C(C)Nc1ccccc1SC1CCCC1. The lowest BCUT2D eigenvalue weighted by atomic mass is 10.0. The molecule has 0 heterocycles. The van der Waals surface area contributed by atoms with Crippen LogP contribution in [0.1, 0.15) is 52.9 Å². The molecular weight excluding hydrogens is 250 g/mol. The van der Waals surface area contributed by atoms with Gasteiger partial charge in [-0.05, 0) is 37.8 Å². The van der Waals surface area contributed by atoms with Crippen molar-refractivity contribution >= 4 is 17.4 Å². The molecule has 0 aliphatic heterocycles. The van der Waals surface area contributed by atoms with E-state index in [4.69, 9.17) is 0 Å². The molecule has 2 unspecified atom stereocenters. The Hall–Kier alpha value is -0.630. The van der Waals surface area contributed by atoms with Gasteiger partial charge in [-0.3, -0.25) is 0 Å². The number of hydrogen-bond acceptors (Lipinski definition) is 2. The summed E-state index contributed by atoms with van der Waals surface area (Å²) >= 11 is 2.08. The molecule has 1 fully saturated rings. The summed E-state index contributed by atoms with van der Waals surface area (Å²) in [7, 11) is 0. The zero-order chi connectivity index (χ0) is 13.7. The van der Waals surface area contributed by atoms with Crippen LogP contribution in [-0.2, 0) is 0 Å². The maximum Gasteiger partial charge on any atom is 0.0480 e. The van der Waals surface area contributed by atoms with Crippen LogP contribution in [0.4, 0.5) is 5.69 Å². The summed E-state index contributed by atoms with van der Waals surface area (Å²) in [6.07, 6.45) is 6.83. The molecule has 1 aromatic carbocycles. The molecule has 1 nitrogen and oxygen atoms in total. The summed E-state index contributed by atoms with van der Waals surface area (Å²) in [5.74, 6) is 0.713. The lowest BCUT2D eigenvalue weighted by Crippen LogP contribution is -2.23. The largest absolute Gasteiger partial charge is 0.381 e. The van der Waals surface area contributed by atoms with E-state index in [1.807, 2.05) is 0 Å². The molecule has 106 valence electrons. The molecule has 1 aliphatic rings. The molecule has 0 saturated heterocycles. The first-order valence-corrected chi connectivity index (χ1v) is 8.61. The number of hydrogen-bond donors (Lipinski definition) is 1. The molecule has 2 heteroatoms. The summed E-state index contributed by atoms with van der Waals surface area (Å²) in [5.41, 5.74) is 1.33. The molecule has 2 rings (SSSR count). The van der Waals surface area contributed by atoms with E-state index in [0.717, 1.165) is 5.25 Å². The lowest BCUT2D eigenvalue weighted by molar-refractivity contribution is 0.494. The number of benzene rings is 1. The van der Waals surface area contributed by atoms with E-state index < -0.39 is 0 Å². The summed E-state index contributed by atoms with van der Waals surface area (Å²) in [6, 6.07) is 9.35. The highest BCUT2D eigenvalue weighted by atomic mass is 32.2. The Kier molecular flexibility index (Phi) is 5.62. The van der Waals surface area contributed by atoms with Crippen molar-refractivity contribution in [2.75, 3.05) is 5.32 Å². The molecule has 0 radical (unpaired) electrons. The van der Waals surface area contributed by atoms with Crippen LogP contribution < -0.4 is 5.32 Å². The van der Waals surface area contributed by atoms with Crippen molar-refractivity contribution in [1.29, 1.82) is 0 Å². The second-order valence-corrected chi connectivity index (χ2v) is 7.18. The molecule has 1 aliphatic carbocycles. The van der Waals surface area contributed by atoms with E-state index in [9.17, 15) is 0 Å². The second kappa shape index (κ2) is 7.23. The zero-order valence-corrected chi connectivity index (χ0v) is 13.3. The first-order chi connectivity index (χ1) is 9.20. The van der Waals surface area contributed by atoms with E-state index in [0.29, 0.717) is 12.0 Å². The van der Waals surface area contributed by atoms with Crippen molar-refractivity contribution in [3.63, 3.8) is 0 Å². The zero-order valence-electron chi connectivity index (χ0n) is 12.5. The van der Waals surface area contributed by atoms with Gasteiger partial charge in [-0.1, -0.05) is 45.2 Å². The minimum atomic E-state index is 0.537. The molecule has 19 heavy (non-hydrogen) atoms. The highest BCUT2D eigenvalue weighted by molar-refractivity contribution is 8.00. The van der Waals surface area contributed by atoms with Crippen LogP contribution >= 0.6 is 11.8 Å². The first kappa shape index (κ1) is 14.8. The van der Waals surface area contributed by atoms with E-state index in [1.54, 1.807) is 0 Å². The van der Waals surface area contributed by atoms with Crippen LogP contribution in [0.5, 0.6) is 0 Å². The Balaban J connectivity index is 2.02. The molecule has 0 spiro atoms. The maximum atomic E-state index is 3.71. The van der Waals surface area contributed by atoms with Crippen molar-refractivity contribution < 1.29 is 0 Å². The summed E-state index contributed by atoms with van der Waals surface area (Å²) in [4.78, 5) is 1.43. The van der Waals surface area contributed by atoms with Crippen LogP contribution in [0.25, 0.3) is 0 Å². The topological polar surface area (TPSA) is 12.0 Å². The molecule has 0 amide bonds. The molecule has 1 N–H and O–H groups in total. The lowest BCUT2D eigenvalue weighted by Gasteiger charge is -2.23. The van der Waals surface area contributed by atoms with Gasteiger partial charge < -0.3 is 5.32 Å². The van der Waals surface area contributed by atoms with Gasteiger partial charge in [0.15, 0.2) is 0 Å². The summed E-state index contributed by atoms with van der Waals surface area (Å²) < 4.78 is 0. The van der Waals surface area contributed by atoms with Crippen molar-refractivity contribution in [3.05, 3.63) is 24.3 Å². The Morgan fingerprint density at radius 3 is 2.58 bits per heavy atom. The summed E-state index contributed by atoms with van der Waals surface area (Å²) in [6.45, 7) is 6.89. The molecule has 0 aromatic heterocycles. The van der Waals surface area contributed by atoms with Crippen molar-refractivity contribution in [1.82, 2.24) is 0 Å². The van der Waals surface area contributed by atoms with Gasteiger partial charge >= 0.3 is 0 Å². The van der Waals surface area contributed by atoms with Crippen molar-refractivity contribution in [2.24, 2.45) is 5.92 Å². The van der Waals surface area contributed by atoms with E-state index >= 15 is 0 Å². The van der Waals surface area contributed by atoms with E-state index in [1.165, 1.54) is 42.7 Å². The Morgan fingerprint density at radius 2 is 1.89 bits per heavy atom. The average molecular weight is 277 g/mol. The minimum absolute atomic E-state index is 0.537. The fourth-order valence-corrected chi connectivity index (χ4v) is 3.95. The monoisotopic (exact) mass is 277 g/mol. The predicted octanol–water partition coefficient (Wildman–Crippen LogP) is 5.57. The fourth-order valence-electron chi connectivity index (χ4n) is 2.62. The Labute approximate surface area is 122 Å². The van der Waals surface area contributed by atoms with Gasteiger partial charge in [-0.25, -0.2) is 0 Å². The van der Waals surface area contributed by atoms with Gasteiger partial charge in [-0.2, -0.15) is 0 Å². The third-order valence-corrected chi connectivity index (χ3v) is 5.78. The smallest absolute Gasteiger partial charge is 0.0480 e. The predicted molar refractivity (Wildman–Crippen MR) is 87.1 cm³/mol. The van der Waals surface area contributed by atoms with Gasteiger partial charge in [0, 0.05) is 21.9 Å².